The van der Waals surface area contributed by atoms with Crippen LogP contribution in [0.15, 0.2) is 52.4 Å². The Morgan fingerprint density at radius 1 is 1.42 bits per heavy atom. The Labute approximate surface area is 227 Å². The maximum atomic E-state index is 13.7. The van der Waals surface area contributed by atoms with Gasteiger partial charge >= 0.3 is 0 Å². The molecule has 11 heteroatoms. The highest BCUT2D eigenvalue weighted by Gasteiger charge is 2.48. The molecule has 2 unspecified atom stereocenters. The molecule has 0 saturated carbocycles. The van der Waals surface area contributed by atoms with Gasteiger partial charge in [0.1, 0.15) is 37.7 Å². The minimum absolute atomic E-state index is 0.0994. The standard InChI is InChI=1S/C27H36FN7O2S/c1-5-7-8-11-19-18-35(3,29)34(19)22-13-9-12-21-20(22)16-23(33(21)15-14-28)27-31-25(32-37-27)17-30-26(36)24(38-4)10-6-2/h6,9-10,12-13,16,19H,2,5,7-8,11,14-15,17-18,29H2,1,3-4H3/p+1/b24-10-. The second-order valence-electron chi connectivity index (χ2n) is 9.64. The number of nitrogens with two attached hydrogens (primary N) is 1. The molecule has 1 aliphatic rings. The number of fused-ring (bicyclic) bond motifs is 1. The quantitative estimate of drug-likeness (QED) is 0.106. The van der Waals surface area contributed by atoms with E-state index in [-0.39, 0.29) is 29.6 Å². The summed E-state index contributed by atoms with van der Waals surface area (Å²) < 4.78 is 21.4. The van der Waals surface area contributed by atoms with Crippen LogP contribution in [0.25, 0.3) is 22.5 Å². The van der Waals surface area contributed by atoms with Gasteiger partial charge in [-0.3, -0.25) is 4.79 Å². The lowest BCUT2D eigenvalue weighted by molar-refractivity contribution is -0.970. The number of halogens is 1. The molecule has 3 aromatic rings. The fourth-order valence-electron chi connectivity index (χ4n) is 5.15. The van der Waals surface area contributed by atoms with Gasteiger partial charge < -0.3 is 14.4 Å². The van der Waals surface area contributed by atoms with Crippen LogP contribution in [-0.4, -0.2) is 57.9 Å². The summed E-state index contributed by atoms with van der Waals surface area (Å²) in [5.41, 5.74) is 2.51. The second kappa shape index (κ2) is 12.1. The molecule has 3 heterocycles. The van der Waals surface area contributed by atoms with Gasteiger partial charge in [0.2, 0.25) is 0 Å². The molecule has 3 N–H and O–H groups in total. The van der Waals surface area contributed by atoms with Gasteiger partial charge in [-0.15, -0.1) is 16.5 Å². The Balaban J connectivity index is 1.64. The average molecular weight is 543 g/mol. The number of carbonyl (C=O) groups is 1. The summed E-state index contributed by atoms with van der Waals surface area (Å²) in [6.45, 7) is 6.41. The Kier molecular flexibility index (Phi) is 8.91. The zero-order chi connectivity index (χ0) is 27.3. The first-order chi connectivity index (χ1) is 18.3. The lowest BCUT2D eigenvalue weighted by atomic mass is 10.0. The highest BCUT2D eigenvalue weighted by atomic mass is 32.2. The van der Waals surface area contributed by atoms with E-state index in [4.69, 9.17) is 10.4 Å². The summed E-state index contributed by atoms with van der Waals surface area (Å²) in [6.07, 6.45) is 9.63. The third-order valence-electron chi connectivity index (χ3n) is 6.84. The van der Waals surface area contributed by atoms with Crippen LogP contribution < -0.4 is 16.2 Å². The Hall–Kier alpha value is -3.15. The van der Waals surface area contributed by atoms with E-state index in [1.165, 1.54) is 24.6 Å². The number of hydrogen-bond donors (Lipinski definition) is 2. The highest BCUT2D eigenvalue weighted by Crippen LogP contribution is 2.40. The summed E-state index contributed by atoms with van der Waals surface area (Å²) >= 11 is 1.33. The molecular weight excluding hydrogens is 505 g/mol. The number of likely N-dealkylation sites (N-methyl/N-ethyl adjacent to an activating group) is 1. The van der Waals surface area contributed by atoms with Crippen molar-refractivity contribution in [2.45, 2.75) is 51.7 Å². The first-order valence-electron chi connectivity index (χ1n) is 12.9. The number of allylic oxidation sites excluding steroid dienone is 2. The number of nitrogens with one attached hydrogen (secondary N) is 1. The molecule has 1 aromatic carbocycles. The SMILES string of the molecule is C=C/C=C(\SC)C(=O)NCc1noc(-c2cc3c(N4C(CCCCC)C[N+]4(C)N)cccc3n2CCF)n1. The van der Waals surface area contributed by atoms with Crippen LogP contribution in [0.3, 0.4) is 0 Å². The molecule has 1 aliphatic heterocycles. The van der Waals surface area contributed by atoms with Crippen molar-refractivity contribution in [1.29, 1.82) is 0 Å². The maximum absolute atomic E-state index is 13.7. The summed E-state index contributed by atoms with van der Waals surface area (Å²) in [7, 11) is 2.00. The molecule has 2 atom stereocenters. The predicted octanol–water partition coefficient (Wildman–Crippen LogP) is 4.71. The topological polar surface area (TPSA) is 102 Å². The lowest BCUT2D eigenvalue weighted by Crippen LogP contribution is -2.79. The number of aryl methyl sites for hydroxylation is 1. The second-order valence-corrected chi connectivity index (χ2v) is 10.5. The van der Waals surface area contributed by atoms with E-state index in [1.807, 2.05) is 36.1 Å². The van der Waals surface area contributed by atoms with E-state index in [0.29, 0.717) is 22.5 Å². The van der Waals surface area contributed by atoms with Crippen molar-refractivity contribution in [1.82, 2.24) is 20.0 Å². The maximum Gasteiger partial charge on any atom is 0.274 e. The summed E-state index contributed by atoms with van der Waals surface area (Å²) in [6, 6.07) is 8.33. The fraction of sp³-hybridized carbons (Fsp3) is 0.444. The normalized spacial score (nSPS) is 19.6. The predicted molar refractivity (Wildman–Crippen MR) is 150 cm³/mol. The van der Waals surface area contributed by atoms with Gasteiger partial charge in [0.05, 0.1) is 23.5 Å². The van der Waals surface area contributed by atoms with Crippen molar-refractivity contribution >= 4 is 34.3 Å². The fourth-order valence-corrected chi connectivity index (χ4v) is 5.64. The summed E-state index contributed by atoms with van der Waals surface area (Å²) in [5.74, 6) is 6.97. The van der Waals surface area contributed by atoms with Gasteiger partial charge in [-0.1, -0.05) is 50.1 Å². The smallest absolute Gasteiger partial charge is 0.274 e. The molecule has 1 amide bonds. The molecule has 0 spiro atoms. The van der Waals surface area contributed by atoms with Crippen LogP contribution in [0.4, 0.5) is 10.1 Å². The minimum atomic E-state index is -0.542. The van der Waals surface area contributed by atoms with Crippen molar-refractivity contribution in [3.05, 3.63) is 53.7 Å². The molecular formula is C27H37FN7O2S+. The number of anilines is 1. The number of amides is 1. The first-order valence-corrected chi connectivity index (χ1v) is 14.2. The van der Waals surface area contributed by atoms with Gasteiger partial charge in [0.15, 0.2) is 5.82 Å². The van der Waals surface area contributed by atoms with E-state index >= 15 is 0 Å². The number of thioether (sulfide) groups is 1. The van der Waals surface area contributed by atoms with E-state index in [2.05, 4.69) is 40.0 Å². The molecule has 204 valence electrons. The number of nitrogens with zero attached hydrogens (tertiary/aromatic N) is 5. The number of carbonyl (C=O) groups excluding carboxylic acids is 1. The highest BCUT2D eigenvalue weighted by molar-refractivity contribution is 8.03. The summed E-state index contributed by atoms with van der Waals surface area (Å²) in [4.78, 5) is 17.4. The molecule has 0 radical (unpaired) electrons. The van der Waals surface area contributed by atoms with Crippen LogP contribution in [0.1, 0.15) is 38.4 Å². The Morgan fingerprint density at radius 2 is 2.24 bits per heavy atom. The Bertz CT molecular complexity index is 1320. The largest absolute Gasteiger partial charge is 0.344 e. The molecule has 9 nitrogen and oxygen atoms in total. The number of unbranched alkanes of at least 4 members (excludes halogenated alkanes) is 2. The number of rotatable bonds is 13. The minimum Gasteiger partial charge on any atom is -0.344 e. The number of quaternary nitrogens is 1. The third-order valence-corrected chi connectivity index (χ3v) is 7.61. The molecule has 0 bridgehead atoms. The van der Waals surface area contributed by atoms with Crippen molar-refractivity contribution in [3.63, 3.8) is 0 Å². The Morgan fingerprint density at radius 3 is 2.92 bits per heavy atom. The first kappa shape index (κ1) is 27.9. The number of benzene rings is 1. The van der Waals surface area contributed by atoms with Gasteiger partial charge in [0, 0.05) is 5.39 Å². The zero-order valence-electron chi connectivity index (χ0n) is 22.3. The van der Waals surface area contributed by atoms with Gasteiger partial charge in [-0.2, -0.15) is 15.8 Å². The molecule has 0 aliphatic carbocycles. The molecule has 1 fully saturated rings. The van der Waals surface area contributed by atoms with Crippen LogP contribution in [0.2, 0.25) is 0 Å². The van der Waals surface area contributed by atoms with Gasteiger partial charge in [-0.05, 0) is 37.0 Å². The van der Waals surface area contributed by atoms with Crippen LogP contribution >= 0.6 is 11.8 Å². The number of aromatic nitrogens is 3. The van der Waals surface area contributed by atoms with Crippen LogP contribution in [-0.2, 0) is 17.9 Å². The van der Waals surface area contributed by atoms with Crippen LogP contribution in [0.5, 0.6) is 0 Å². The van der Waals surface area contributed by atoms with E-state index in [0.717, 1.165) is 36.0 Å². The summed E-state index contributed by atoms with van der Waals surface area (Å²) in [5, 5.41) is 10.0. The van der Waals surface area contributed by atoms with Gasteiger partial charge in [-0.25, -0.2) is 4.39 Å². The third kappa shape index (κ3) is 5.64. The molecule has 2 aromatic heterocycles. The van der Waals surface area contributed by atoms with Crippen molar-refractivity contribution in [2.75, 3.05) is 31.5 Å². The van der Waals surface area contributed by atoms with E-state index < -0.39 is 6.67 Å². The molecule has 1 saturated heterocycles. The number of alkyl halides is 1. The van der Waals surface area contributed by atoms with Crippen molar-refractivity contribution < 1.29 is 18.4 Å². The zero-order valence-corrected chi connectivity index (χ0v) is 23.1. The molecule has 4 rings (SSSR count). The average Bonchev–Trinajstić information content (AvgIpc) is 3.51. The lowest BCUT2D eigenvalue weighted by Gasteiger charge is -2.53. The number of hydrogen-bond acceptors (Lipinski definition) is 7. The van der Waals surface area contributed by atoms with Crippen LogP contribution in [0, 0.1) is 0 Å². The van der Waals surface area contributed by atoms with E-state index in [1.54, 1.807) is 12.2 Å². The van der Waals surface area contributed by atoms with Crippen molar-refractivity contribution in [3.8, 4) is 11.6 Å². The monoisotopic (exact) mass is 542 g/mol. The molecule has 38 heavy (non-hydrogen) atoms. The van der Waals surface area contributed by atoms with Gasteiger partial charge in [0.25, 0.3) is 11.8 Å². The van der Waals surface area contributed by atoms with E-state index in [9.17, 15) is 9.18 Å². The van der Waals surface area contributed by atoms with Crippen molar-refractivity contribution in [2.24, 2.45) is 5.84 Å².